The summed E-state index contributed by atoms with van der Waals surface area (Å²) in [7, 11) is 0. The summed E-state index contributed by atoms with van der Waals surface area (Å²) in [6.45, 7) is 3.11. The molecule has 6 nitrogen and oxygen atoms in total. The van der Waals surface area contributed by atoms with Crippen LogP contribution in [0.1, 0.15) is 13.8 Å². The molecule has 1 amide bonds. The molecule has 0 spiro atoms. The summed E-state index contributed by atoms with van der Waals surface area (Å²) in [6.07, 6.45) is 0. The van der Waals surface area contributed by atoms with E-state index in [0.29, 0.717) is 5.06 Å². The third-order valence-electron chi connectivity index (χ3n) is 1.14. The Balaban J connectivity index is 3.96. The number of nitrogens with two attached hydrogens (primary N) is 2. The van der Waals surface area contributed by atoms with Crippen LogP contribution < -0.4 is 11.5 Å². The van der Waals surface area contributed by atoms with Gasteiger partial charge in [0.05, 0.1) is 0 Å². The molecule has 0 fully saturated rings. The predicted octanol–water partition coefficient (Wildman–Crippen LogP) is -0.909. The van der Waals surface area contributed by atoms with Gasteiger partial charge in [-0.25, -0.2) is 10.1 Å². The van der Waals surface area contributed by atoms with Crippen LogP contribution in [0, 0.1) is 5.92 Å². The van der Waals surface area contributed by atoms with Gasteiger partial charge in [0, 0.05) is 5.92 Å². The summed E-state index contributed by atoms with van der Waals surface area (Å²) in [5, 5.41) is 9.48. The first-order chi connectivity index (χ1) is 5.45. The van der Waals surface area contributed by atoms with Gasteiger partial charge in [0.25, 0.3) is 0 Å². The van der Waals surface area contributed by atoms with Crippen molar-refractivity contribution >= 4 is 11.9 Å². The van der Waals surface area contributed by atoms with Gasteiger partial charge < -0.3 is 11.5 Å². The molecule has 70 valence electrons. The van der Waals surface area contributed by atoms with Crippen molar-refractivity contribution in [2.45, 2.75) is 13.8 Å². The van der Waals surface area contributed by atoms with E-state index in [9.17, 15) is 4.79 Å². The number of nitrogens with zero attached hydrogens (tertiary/aromatic N) is 2. The van der Waals surface area contributed by atoms with Gasteiger partial charge in [-0.05, 0) is 0 Å². The third kappa shape index (κ3) is 3.77. The number of rotatable bonds is 3. The molecule has 0 bridgehead atoms. The van der Waals surface area contributed by atoms with E-state index < -0.39 is 5.91 Å². The van der Waals surface area contributed by atoms with E-state index in [1.54, 1.807) is 13.8 Å². The fourth-order valence-electron chi connectivity index (χ4n) is 0.516. The molecule has 0 aromatic heterocycles. The molecule has 0 saturated heterocycles. The zero-order valence-corrected chi connectivity index (χ0v) is 7.19. The van der Waals surface area contributed by atoms with Crippen LogP contribution in [-0.4, -0.2) is 28.8 Å². The molecule has 0 heterocycles. The second kappa shape index (κ2) is 4.55. The van der Waals surface area contributed by atoms with Crippen LogP contribution in [0.3, 0.4) is 0 Å². The first-order valence-corrected chi connectivity index (χ1v) is 3.50. The fourth-order valence-corrected chi connectivity index (χ4v) is 0.516. The molecule has 0 radical (unpaired) electrons. The number of hydrogen-bond acceptors (Lipinski definition) is 3. The summed E-state index contributed by atoms with van der Waals surface area (Å²) >= 11 is 0. The van der Waals surface area contributed by atoms with Crippen molar-refractivity contribution in [1.82, 2.24) is 5.06 Å². The maximum atomic E-state index is 11.0. The molecular weight excluding hydrogens is 160 g/mol. The Morgan fingerprint density at radius 2 is 2.08 bits per heavy atom. The SMILES string of the molecule is CC(C)C(=O)N(O)CN=C(N)N. The highest BCUT2D eigenvalue weighted by molar-refractivity contribution is 5.78. The number of guanidine groups is 1. The molecule has 0 aliphatic rings. The van der Waals surface area contributed by atoms with Gasteiger partial charge in [0.15, 0.2) is 5.96 Å². The van der Waals surface area contributed by atoms with Crippen LogP contribution in [0.4, 0.5) is 0 Å². The van der Waals surface area contributed by atoms with E-state index in [2.05, 4.69) is 4.99 Å². The van der Waals surface area contributed by atoms with Gasteiger partial charge in [-0.3, -0.25) is 10.0 Å². The Morgan fingerprint density at radius 1 is 1.58 bits per heavy atom. The summed E-state index contributed by atoms with van der Waals surface area (Å²) in [4.78, 5) is 14.4. The summed E-state index contributed by atoms with van der Waals surface area (Å²) in [6, 6.07) is 0. The van der Waals surface area contributed by atoms with Crippen molar-refractivity contribution in [2.24, 2.45) is 22.4 Å². The Labute approximate surface area is 70.8 Å². The summed E-state index contributed by atoms with van der Waals surface area (Å²) in [5.74, 6) is -0.852. The number of aliphatic imine (C=N–C) groups is 1. The van der Waals surface area contributed by atoms with E-state index in [1.165, 1.54) is 0 Å². The van der Waals surface area contributed by atoms with Crippen LogP contribution >= 0.6 is 0 Å². The largest absolute Gasteiger partial charge is 0.370 e. The third-order valence-corrected chi connectivity index (χ3v) is 1.14. The minimum Gasteiger partial charge on any atom is -0.370 e. The molecule has 12 heavy (non-hydrogen) atoms. The molecule has 0 aliphatic carbocycles. The van der Waals surface area contributed by atoms with Crippen molar-refractivity contribution in [2.75, 3.05) is 6.67 Å². The number of carbonyl (C=O) groups is 1. The van der Waals surface area contributed by atoms with Gasteiger partial charge in [0.1, 0.15) is 6.67 Å². The highest BCUT2D eigenvalue weighted by Crippen LogP contribution is 1.97. The second-order valence-electron chi connectivity index (χ2n) is 2.62. The van der Waals surface area contributed by atoms with E-state index in [1.807, 2.05) is 0 Å². The van der Waals surface area contributed by atoms with Crippen LogP contribution in [-0.2, 0) is 4.79 Å². The Bertz CT molecular complexity index is 186. The zero-order valence-electron chi connectivity index (χ0n) is 7.19. The molecule has 6 heteroatoms. The van der Waals surface area contributed by atoms with Gasteiger partial charge in [-0.15, -0.1) is 0 Å². The van der Waals surface area contributed by atoms with Crippen molar-refractivity contribution in [1.29, 1.82) is 0 Å². The maximum absolute atomic E-state index is 11.0. The zero-order chi connectivity index (χ0) is 9.72. The van der Waals surface area contributed by atoms with E-state index in [4.69, 9.17) is 16.7 Å². The summed E-state index contributed by atoms with van der Waals surface area (Å²) in [5.41, 5.74) is 9.99. The molecule has 0 aliphatic heterocycles. The molecule has 0 aromatic rings. The van der Waals surface area contributed by atoms with E-state index in [0.717, 1.165) is 0 Å². The molecule has 0 unspecified atom stereocenters. The topological polar surface area (TPSA) is 105 Å². The lowest BCUT2D eigenvalue weighted by atomic mass is 10.2. The maximum Gasteiger partial charge on any atom is 0.250 e. The highest BCUT2D eigenvalue weighted by Gasteiger charge is 2.13. The van der Waals surface area contributed by atoms with Gasteiger partial charge in [-0.1, -0.05) is 13.8 Å². The van der Waals surface area contributed by atoms with Crippen molar-refractivity contribution in [3.63, 3.8) is 0 Å². The Kier molecular flexibility index (Phi) is 4.06. The summed E-state index contributed by atoms with van der Waals surface area (Å²) < 4.78 is 0. The number of carbonyl (C=O) groups excluding carboxylic acids is 1. The van der Waals surface area contributed by atoms with E-state index in [-0.39, 0.29) is 18.5 Å². The number of amides is 1. The molecule has 0 atom stereocenters. The lowest BCUT2D eigenvalue weighted by Crippen LogP contribution is -2.33. The van der Waals surface area contributed by atoms with Crippen molar-refractivity contribution < 1.29 is 10.0 Å². The smallest absolute Gasteiger partial charge is 0.250 e. The molecule has 0 saturated carbocycles. The van der Waals surface area contributed by atoms with Crippen LogP contribution in [0.25, 0.3) is 0 Å². The van der Waals surface area contributed by atoms with E-state index >= 15 is 0 Å². The van der Waals surface area contributed by atoms with Crippen LogP contribution in [0.2, 0.25) is 0 Å². The lowest BCUT2D eigenvalue weighted by molar-refractivity contribution is -0.168. The predicted molar refractivity (Wildman–Crippen MR) is 44.1 cm³/mol. The minimum absolute atomic E-state index is 0.161. The fraction of sp³-hybridized carbons (Fsp3) is 0.667. The number of hydrogen-bond donors (Lipinski definition) is 3. The van der Waals surface area contributed by atoms with Gasteiger partial charge in [-0.2, -0.15) is 0 Å². The monoisotopic (exact) mass is 174 g/mol. The first-order valence-electron chi connectivity index (χ1n) is 3.50. The Morgan fingerprint density at radius 3 is 2.42 bits per heavy atom. The lowest BCUT2D eigenvalue weighted by Gasteiger charge is -2.14. The van der Waals surface area contributed by atoms with Crippen molar-refractivity contribution in [3.05, 3.63) is 0 Å². The highest BCUT2D eigenvalue weighted by atomic mass is 16.5. The van der Waals surface area contributed by atoms with Gasteiger partial charge >= 0.3 is 0 Å². The van der Waals surface area contributed by atoms with Crippen molar-refractivity contribution in [3.8, 4) is 0 Å². The second-order valence-corrected chi connectivity index (χ2v) is 2.62. The standard InChI is InChI=1S/C6H14N4O2/c1-4(2)5(11)10(12)3-9-6(7)8/h4,12H,3H2,1-2H3,(H4,7,8,9). The first kappa shape index (κ1) is 10.7. The molecule has 5 N–H and O–H groups in total. The molecule has 0 aromatic carbocycles. The number of hydroxylamine groups is 2. The van der Waals surface area contributed by atoms with Crippen LogP contribution in [0.15, 0.2) is 4.99 Å². The normalized spacial score (nSPS) is 9.67. The average molecular weight is 174 g/mol. The Hall–Kier alpha value is -1.30. The van der Waals surface area contributed by atoms with Crippen LogP contribution in [0.5, 0.6) is 0 Å². The molecule has 0 rings (SSSR count). The average Bonchev–Trinajstić information content (AvgIpc) is 1.98. The quantitative estimate of drug-likeness (QED) is 0.223. The minimum atomic E-state index is -0.417. The molecular formula is C6H14N4O2. The van der Waals surface area contributed by atoms with Gasteiger partial charge in [0.2, 0.25) is 5.91 Å².